The fraction of sp³-hybridized carbons (Fsp3) is 0.750. The summed E-state index contributed by atoms with van der Waals surface area (Å²) in [7, 11) is -0.394. The van der Waals surface area contributed by atoms with E-state index in [1.54, 1.807) is 5.17 Å². The van der Waals surface area contributed by atoms with Gasteiger partial charge < -0.3 is 35.3 Å². The summed E-state index contributed by atoms with van der Waals surface area (Å²) in [5.41, 5.74) is 9.56. The van der Waals surface area contributed by atoms with Crippen molar-refractivity contribution in [1.29, 1.82) is 0 Å². The van der Waals surface area contributed by atoms with Gasteiger partial charge in [0.1, 0.15) is 0 Å². The van der Waals surface area contributed by atoms with Crippen LogP contribution in [0.2, 0.25) is 10.6 Å². The number of rotatable bonds is 2. The molecule has 113 valence electrons. The topological polar surface area (TPSA) is 40.9 Å². The smallest absolute Gasteiger partial charge is 1.00 e. The van der Waals surface area contributed by atoms with E-state index in [2.05, 4.69) is 26.0 Å². The zero-order valence-corrected chi connectivity index (χ0v) is 16.5. The van der Waals surface area contributed by atoms with Gasteiger partial charge >= 0.3 is 21.7 Å². The second kappa shape index (κ2) is 3.44. The zero-order valence-electron chi connectivity index (χ0n) is 12.4. The van der Waals surface area contributed by atoms with Gasteiger partial charge in [0, 0.05) is 13.8 Å². The average Bonchev–Trinajstić information content (AvgIpc) is 3.17. The molecule has 9 rings (SSSR count). The molecule has 2 spiro atoms. The Bertz CT molecular complexity index is 748. The van der Waals surface area contributed by atoms with Crippen molar-refractivity contribution in [2.24, 2.45) is 39.9 Å². The van der Waals surface area contributed by atoms with Crippen LogP contribution in [0.5, 0.6) is 0 Å². The number of hydrogen-bond acceptors (Lipinski definition) is 1. The van der Waals surface area contributed by atoms with Crippen molar-refractivity contribution in [3.8, 4) is 0 Å². The monoisotopic (exact) mass is 384 g/mol. The van der Waals surface area contributed by atoms with Crippen LogP contribution in [0.3, 0.4) is 0 Å². The van der Waals surface area contributed by atoms with Crippen LogP contribution in [-0.2, 0) is 26.5 Å². The molecule has 8 saturated carbocycles. The van der Waals surface area contributed by atoms with Gasteiger partial charge in [-0.1, -0.05) is 24.2 Å². The number of nitrogens with one attached hydrogen (secondary N) is 1. The fourth-order valence-electron chi connectivity index (χ4n) is 9.66. The summed E-state index contributed by atoms with van der Waals surface area (Å²) < 4.78 is 0. The Kier molecular flexibility index (Phi) is 2.51. The predicted molar refractivity (Wildman–Crippen MR) is 72.9 cm³/mol. The minimum absolute atomic E-state index is 0. The van der Waals surface area contributed by atoms with Crippen molar-refractivity contribution in [3.05, 3.63) is 17.9 Å². The number of hydrogen-bond donors (Lipinski definition) is 0. The minimum atomic E-state index is -0.394. The molecule has 9 aliphatic rings. The molecule has 9 unspecified atom stereocenters. The summed E-state index contributed by atoms with van der Waals surface area (Å²) in [6, 6.07) is 0. The zero-order chi connectivity index (χ0) is 12.7. The van der Waals surface area contributed by atoms with E-state index in [0.717, 1.165) is 22.4 Å². The Labute approximate surface area is 159 Å². The Hall–Kier alpha value is 0.591. The third-order valence-corrected chi connectivity index (χ3v) is 13.2. The Morgan fingerprint density at radius 1 is 1.41 bits per heavy atom. The number of allylic oxidation sites excluding steroid dienone is 2. The molecular formula is C16H16Cl2NOSiTi. The second-order valence-corrected chi connectivity index (χ2v) is 11.8. The Balaban J connectivity index is 0.000000417. The van der Waals surface area contributed by atoms with Crippen LogP contribution in [0, 0.1) is 39.9 Å². The van der Waals surface area contributed by atoms with E-state index in [9.17, 15) is 4.79 Å². The first-order valence-electron chi connectivity index (χ1n) is 7.72. The number of carbonyl (C=O) groups excluding carboxylic acids is 1. The standard InChI is InChI=1S/C16H17NOSi.2ClH.Ti/c1-6-3-4-7(2)19(6)16-9-8-5-13(16)11-14(8,12(17)18)15(11,13)10(9)16;;;/h3-4,6,8-11H,5H2,1-2H3,(H2,17,18);2*1H;/q;;;+3/p-3. The first-order valence-corrected chi connectivity index (χ1v) is 9.30. The van der Waals surface area contributed by atoms with Crippen molar-refractivity contribution in [2.45, 2.75) is 30.8 Å². The van der Waals surface area contributed by atoms with Crippen molar-refractivity contribution >= 4 is 19.5 Å². The van der Waals surface area contributed by atoms with E-state index in [4.69, 9.17) is 5.73 Å². The van der Waals surface area contributed by atoms with E-state index in [-0.39, 0.29) is 57.9 Å². The maximum Gasteiger partial charge on any atom is 3.00 e. The van der Waals surface area contributed by atoms with Crippen LogP contribution in [0.4, 0.5) is 0 Å². The van der Waals surface area contributed by atoms with Gasteiger partial charge in [0.15, 0.2) is 0 Å². The van der Waals surface area contributed by atoms with Gasteiger partial charge in [0.2, 0.25) is 0 Å². The number of amides is 1. The van der Waals surface area contributed by atoms with Crippen molar-refractivity contribution in [3.63, 3.8) is 0 Å². The first kappa shape index (κ1) is 16.1. The Morgan fingerprint density at radius 3 is 2.45 bits per heavy atom. The molecule has 8 fully saturated rings. The molecule has 1 radical (unpaired) electrons. The third kappa shape index (κ3) is 0.766. The molecule has 0 aromatic heterocycles. The molecule has 2 nitrogen and oxygen atoms in total. The van der Waals surface area contributed by atoms with Crippen LogP contribution >= 0.6 is 0 Å². The molecule has 0 aromatic rings. The molecule has 1 heterocycles. The van der Waals surface area contributed by atoms with E-state index in [1.165, 1.54) is 6.42 Å². The summed E-state index contributed by atoms with van der Waals surface area (Å²) in [5.74, 6) is 2.98. The molecule has 9 atom stereocenters. The van der Waals surface area contributed by atoms with E-state index < -0.39 is 8.41 Å². The third-order valence-electron chi connectivity index (χ3n) is 9.05. The molecule has 22 heavy (non-hydrogen) atoms. The van der Waals surface area contributed by atoms with Gasteiger partial charge in [-0.05, 0) is 58.4 Å². The average molecular weight is 385 g/mol. The van der Waals surface area contributed by atoms with Crippen LogP contribution in [-0.4, -0.2) is 19.5 Å². The molecule has 8 aliphatic carbocycles. The number of halogens is 2. The van der Waals surface area contributed by atoms with Crippen LogP contribution < -0.4 is 24.8 Å². The molecule has 4 bridgehead atoms. The molecule has 0 saturated heterocycles. The molecular weight excluding hydrogens is 369 g/mol. The van der Waals surface area contributed by atoms with Crippen molar-refractivity contribution < 1.29 is 51.3 Å². The van der Waals surface area contributed by atoms with E-state index >= 15 is 0 Å². The van der Waals surface area contributed by atoms with Gasteiger partial charge in [0.25, 0.3) is 0 Å². The maximum absolute atomic E-state index is 11.9. The van der Waals surface area contributed by atoms with E-state index in [1.807, 2.05) is 0 Å². The van der Waals surface area contributed by atoms with Crippen molar-refractivity contribution in [2.75, 3.05) is 0 Å². The maximum atomic E-state index is 11.9. The summed E-state index contributed by atoms with van der Waals surface area (Å²) >= 11 is 0. The van der Waals surface area contributed by atoms with E-state index in [0.29, 0.717) is 22.7 Å². The molecule has 1 aliphatic heterocycles. The van der Waals surface area contributed by atoms with Crippen LogP contribution in [0.1, 0.15) is 20.3 Å². The second-order valence-electron chi connectivity index (χ2n) is 8.40. The van der Waals surface area contributed by atoms with Gasteiger partial charge in [0.05, 0.1) is 5.91 Å². The number of carbonyl (C=O) groups is 1. The normalized spacial score (nSPS) is 66.5. The molecule has 6 heteroatoms. The molecule has 1 N–H and O–H groups in total. The SMILES string of the molecule is CC1=[Si](C23C4C5CC26C2C5(C([NH-])=O)C26C43)C(C)C=C1.[Cl-].[Cl-].[Ti+3]. The van der Waals surface area contributed by atoms with Gasteiger partial charge in [-0.15, -0.1) is 0 Å². The first-order chi connectivity index (χ1) is 9.07. The molecule has 0 aromatic carbocycles. The predicted octanol–water partition coefficient (Wildman–Crippen LogP) is -3.56. The van der Waals surface area contributed by atoms with Gasteiger partial charge in [-0.25, -0.2) is 0 Å². The van der Waals surface area contributed by atoms with Crippen molar-refractivity contribution in [1.82, 2.24) is 0 Å². The van der Waals surface area contributed by atoms with Gasteiger partial charge in [-0.2, -0.15) is 0 Å². The molecule has 1 amide bonds. The summed E-state index contributed by atoms with van der Waals surface area (Å²) in [6.45, 7) is 4.80. The fourth-order valence-corrected chi connectivity index (χ4v) is 14.7. The van der Waals surface area contributed by atoms with Crippen LogP contribution in [0.15, 0.2) is 12.2 Å². The summed E-state index contributed by atoms with van der Waals surface area (Å²) in [4.78, 5) is 11.9. The summed E-state index contributed by atoms with van der Waals surface area (Å²) in [6.07, 6.45) is 6.19. The van der Waals surface area contributed by atoms with Gasteiger partial charge in [-0.3, -0.25) is 0 Å². The minimum Gasteiger partial charge on any atom is -1.00 e. The largest absolute Gasteiger partial charge is 3.00 e. The quantitative estimate of drug-likeness (QED) is 0.454. The Morgan fingerprint density at radius 2 is 2.09 bits per heavy atom. The van der Waals surface area contributed by atoms with Crippen LogP contribution in [0.25, 0.3) is 5.73 Å². The summed E-state index contributed by atoms with van der Waals surface area (Å²) in [5, 5.41) is 2.42.